The Morgan fingerprint density at radius 2 is 2.21 bits per heavy atom. The first-order chi connectivity index (χ1) is 9.06. The number of rotatable bonds is 7. The molecule has 1 unspecified atom stereocenters. The van der Waals surface area contributed by atoms with Gasteiger partial charge in [-0.1, -0.05) is 0 Å². The number of alkyl halides is 1. The molecule has 0 aliphatic carbocycles. The molecule has 19 heavy (non-hydrogen) atoms. The van der Waals surface area contributed by atoms with Gasteiger partial charge in [0.05, 0.1) is 30.0 Å². The summed E-state index contributed by atoms with van der Waals surface area (Å²) in [6, 6.07) is 5.30. The number of carbonyl (C=O) groups is 1. The van der Waals surface area contributed by atoms with Crippen molar-refractivity contribution in [3.8, 4) is 5.75 Å². The van der Waals surface area contributed by atoms with Gasteiger partial charge in [0.1, 0.15) is 5.75 Å². The number of ether oxygens (including phenoxy) is 1. The van der Waals surface area contributed by atoms with E-state index in [2.05, 4.69) is 10.6 Å². The van der Waals surface area contributed by atoms with Crippen molar-refractivity contribution in [2.75, 3.05) is 29.7 Å². The van der Waals surface area contributed by atoms with E-state index in [1.807, 2.05) is 6.92 Å². The highest BCUT2D eigenvalue weighted by atomic mass is 35.5. The minimum Gasteiger partial charge on any atom is -0.494 e. The summed E-state index contributed by atoms with van der Waals surface area (Å²) >= 11 is 5.54. The average Bonchev–Trinajstić information content (AvgIpc) is 2.38. The van der Waals surface area contributed by atoms with Gasteiger partial charge in [-0.15, -0.1) is 11.6 Å². The maximum Gasteiger partial charge on any atom is 0.221 e. The van der Waals surface area contributed by atoms with Gasteiger partial charge in [0, 0.05) is 19.5 Å². The predicted octanol–water partition coefficient (Wildman–Crippen LogP) is 2.06. The molecule has 106 valence electrons. The summed E-state index contributed by atoms with van der Waals surface area (Å²) in [5.74, 6) is 0.678. The zero-order valence-corrected chi connectivity index (χ0v) is 11.8. The second-order valence-corrected chi connectivity index (χ2v) is 4.32. The van der Waals surface area contributed by atoms with Crippen LogP contribution >= 0.6 is 11.6 Å². The van der Waals surface area contributed by atoms with E-state index >= 15 is 0 Å². The lowest BCUT2D eigenvalue weighted by atomic mass is 10.2. The highest BCUT2D eigenvalue weighted by molar-refractivity contribution is 6.18. The quantitative estimate of drug-likeness (QED) is 0.671. The molecule has 0 saturated carbocycles. The van der Waals surface area contributed by atoms with Crippen LogP contribution in [0.15, 0.2) is 18.2 Å². The van der Waals surface area contributed by atoms with Crippen LogP contribution in [0.25, 0.3) is 0 Å². The van der Waals surface area contributed by atoms with Gasteiger partial charge in [-0.25, -0.2) is 0 Å². The molecule has 1 aromatic rings. The lowest BCUT2D eigenvalue weighted by molar-refractivity contribution is -0.114. The average molecular weight is 287 g/mol. The van der Waals surface area contributed by atoms with Gasteiger partial charge in [-0.05, 0) is 19.1 Å². The maximum absolute atomic E-state index is 11.1. The number of carbonyl (C=O) groups excluding carboxylic acids is 1. The molecule has 0 saturated heterocycles. The van der Waals surface area contributed by atoms with Crippen LogP contribution in [0.5, 0.6) is 5.75 Å². The van der Waals surface area contributed by atoms with Gasteiger partial charge in [0.15, 0.2) is 0 Å². The van der Waals surface area contributed by atoms with Crippen LogP contribution in [0.1, 0.15) is 13.8 Å². The van der Waals surface area contributed by atoms with Gasteiger partial charge < -0.3 is 20.5 Å². The van der Waals surface area contributed by atoms with Crippen LogP contribution in [0, 0.1) is 0 Å². The molecule has 0 aliphatic rings. The molecule has 0 heterocycles. The summed E-state index contributed by atoms with van der Waals surface area (Å²) in [5.41, 5.74) is 1.32. The number of aliphatic hydroxyl groups excluding tert-OH is 1. The highest BCUT2D eigenvalue weighted by Crippen LogP contribution is 2.27. The summed E-state index contributed by atoms with van der Waals surface area (Å²) in [7, 11) is 0. The lowest BCUT2D eigenvalue weighted by Crippen LogP contribution is -2.21. The Morgan fingerprint density at radius 3 is 2.79 bits per heavy atom. The van der Waals surface area contributed by atoms with Gasteiger partial charge >= 0.3 is 0 Å². The molecule has 1 atom stereocenters. The SMILES string of the molecule is CCOc1ccc(NC(C)=O)c(NCC(O)CCl)c1. The smallest absolute Gasteiger partial charge is 0.221 e. The number of aliphatic hydroxyl groups is 1. The molecule has 0 spiro atoms. The first-order valence-electron chi connectivity index (χ1n) is 6.09. The third kappa shape index (κ3) is 5.36. The van der Waals surface area contributed by atoms with E-state index in [-0.39, 0.29) is 11.8 Å². The zero-order chi connectivity index (χ0) is 14.3. The monoisotopic (exact) mass is 286 g/mol. The fourth-order valence-electron chi connectivity index (χ4n) is 1.51. The van der Waals surface area contributed by atoms with Crippen LogP contribution in [-0.4, -0.2) is 36.1 Å². The topological polar surface area (TPSA) is 70.6 Å². The predicted molar refractivity (Wildman–Crippen MR) is 77.1 cm³/mol. The second-order valence-electron chi connectivity index (χ2n) is 4.01. The number of anilines is 2. The number of hydrogen-bond acceptors (Lipinski definition) is 4. The van der Waals surface area contributed by atoms with Crippen molar-refractivity contribution in [2.45, 2.75) is 20.0 Å². The molecule has 0 aromatic heterocycles. The largest absolute Gasteiger partial charge is 0.494 e. The Balaban J connectivity index is 2.86. The van der Waals surface area contributed by atoms with E-state index in [0.717, 1.165) is 0 Å². The van der Waals surface area contributed by atoms with Crippen molar-refractivity contribution in [2.24, 2.45) is 0 Å². The van der Waals surface area contributed by atoms with Gasteiger partial charge in [0.25, 0.3) is 0 Å². The molecule has 3 N–H and O–H groups in total. The molecule has 0 bridgehead atoms. The van der Waals surface area contributed by atoms with E-state index in [1.54, 1.807) is 18.2 Å². The van der Waals surface area contributed by atoms with Crippen molar-refractivity contribution in [1.29, 1.82) is 0 Å². The third-order valence-corrected chi connectivity index (χ3v) is 2.68. The second kappa shape index (κ2) is 7.86. The molecule has 0 radical (unpaired) electrons. The molecule has 1 amide bonds. The fourth-order valence-corrected chi connectivity index (χ4v) is 1.62. The molecule has 1 rings (SSSR count). The van der Waals surface area contributed by atoms with E-state index in [0.29, 0.717) is 30.3 Å². The van der Waals surface area contributed by atoms with Crippen LogP contribution in [0.2, 0.25) is 0 Å². The summed E-state index contributed by atoms with van der Waals surface area (Å²) in [6.07, 6.45) is -0.650. The van der Waals surface area contributed by atoms with Crippen molar-refractivity contribution < 1.29 is 14.6 Å². The van der Waals surface area contributed by atoms with Gasteiger partial charge in [0.2, 0.25) is 5.91 Å². The van der Waals surface area contributed by atoms with Crippen molar-refractivity contribution in [1.82, 2.24) is 0 Å². The molecule has 0 aliphatic heterocycles. The zero-order valence-electron chi connectivity index (χ0n) is 11.1. The van der Waals surface area contributed by atoms with E-state index in [4.69, 9.17) is 16.3 Å². The number of nitrogens with one attached hydrogen (secondary N) is 2. The molecule has 6 heteroatoms. The highest BCUT2D eigenvalue weighted by Gasteiger charge is 2.08. The molecular formula is C13H19ClN2O3. The standard InChI is InChI=1S/C13H19ClN2O3/c1-3-19-11-4-5-12(16-9(2)17)13(6-11)15-8-10(18)7-14/h4-6,10,15,18H,3,7-8H2,1-2H3,(H,16,17). The summed E-state index contributed by atoms with van der Waals surface area (Å²) in [6.45, 7) is 4.19. The van der Waals surface area contributed by atoms with Crippen molar-refractivity contribution in [3.05, 3.63) is 18.2 Å². The molecule has 5 nitrogen and oxygen atoms in total. The Labute approximate surface area is 117 Å². The first-order valence-corrected chi connectivity index (χ1v) is 6.62. The Hall–Kier alpha value is -1.46. The van der Waals surface area contributed by atoms with E-state index in [1.165, 1.54) is 6.92 Å². The third-order valence-electron chi connectivity index (χ3n) is 2.32. The summed E-state index contributed by atoms with van der Waals surface area (Å²) in [5, 5.41) is 15.2. The number of hydrogen-bond donors (Lipinski definition) is 3. The van der Waals surface area contributed by atoms with Gasteiger partial charge in [-0.2, -0.15) is 0 Å². The lowest BCUT2D eigenvalue weighted by Gasteiger charge is -2.15. The number of halogens is 1. The van der Waals surface area contributed by atoms with Crippen LogP contribution in [-0.2, 0) is 4.79 Å². The maximum atomic E-state index is 11.1. The normalized spacial score (nSPS) is 11.8. The minimum absolute atomic E-state index is 0.146. The van der Waals surface area contributed by atoms with Crippen LogP contribution in [0.4, 0.5) is 11.4 Å². The number of amides is 1. The molecular weight excluding hydrogens is 268 g/mol. The van der Waals surface area contributed by atoms with Gasteiger partial charge in [-0.3, -0.25) is 4.79 Å². The summed E-state index contributed by atoms with van der Waals surface area (Å²) < 4.78 is 5.40. The van der Waals surface area contributed by atoms with E-state index < -0.39 is 6.10 Å². The Kier molecular flexibility index (Phi) is 6.45. The molecule has 0 fully saturated rings. The summed E-state index contributed by atoms with van der Waals surface area (Å²) in [4.78, 5) is 11.1. The number of benzene rings is 1. The minimum atomic E-state index is -0.650. The van der Waals surface area contributed by atoms with Crippen LogP contribution in [0.3, 0.4) is 0 Å². The Morgan fingerprint density at radius 1 is 1.47 bits per heavy atom. The van der Waals surface area contributed by atoms with Crippen molar-refractivity contribution >= 4 is 28.9 Å². The van der Waals surface area contributed by atoms with Crippen LogP contribution < -0.4 is 15.4 Å². The van der Waals surface area contributed by atoms with Crippen molar-refractivity contribution in [3.63, 3.8) is 0 Å². The fraction of sp³-hybridized carbons (Fsp3) is 0.462. The first kappa shape index (κ1) is 15.6. The Bertz CT molecular complexity index is 426. The van der Waals surface area contributed by atoms with E-state index in [9.17, 15) is 9.90 Å². The molecule has 1 aromatic carbocycles.